The van der Waals surface area contributed by atoms with Gasteiger partial charge in [-0.25, -0.2) is 0 Å². The predicted molar refractivity (Wildman–Crippen MR) is 83.0 cm³/mol. The Balaban J connectivity index is 2.85. The molecule has 0 heterocycles. The van der Waals surface area contributed by atoms with Crippen LogP contribution in [0.4, 0.5) is 11.4 Å². The van der Waals surface area contributed by atoms with Gasteiger partial charge in [-0.15, -0.1) is 0 Å². The maximum absolute atomic E-state index is 12.3. The van der Waals surface area contributed by atoms with Crippen LogP contribution in [0.5, 0.6) is 0 Å². The molecular weight excluding hydrogens is 254 g/mol. The van der Waals surface area contributed by atoms with E-state index in [2.05, 4.69) is 5.32 Å². The number of nitrogens with two attached hydrogens (primary N) is 1. The van der Waals surface area contributed by atoms with Gasteiger partial charge in [0, 0.05) is 38.6 Å². The predicted octanol–water partition coefficient (Wildman–Crippen LogP) is 1.47. The van der Waals surface area contributed by atoms with E-state index in [9.17, 15) is 4.79 Å². The van der Waals surface area contributed by atoms with Crippen LogP contribution >= 0.6 is 0 Å². The number of amides is 1. The van der Waals surface area contributed by atoms with Gasteiger partial charge in [-0.1, -0.05) is 13.8 Å². The number of nitrogens with one attached hydrogen (secondary N) is 1. The molecule has 20 heavy (non-hydrogen) atoms. The van der Waals surface area contributed by atoms with Crippen molar-refractivity contribution in [2.45, 2.75) is 20.3 Å². The largest absolute Gasteiger partial charge is 0.399 e. The Morgan fingerprint density at radius 1 is 1.40 bits per heavy atom. The highest BCUT2D eigenvalue weighted by atomic mass is 16.3. The molecule has 0 spiro atoms. The lowest BCUT2D eigenvalue weighted by atomic mass is 9.89. The van der Waals surface area contributed by atoms with Crippen LogP contribution in [0.2, 0.25) is 0 Å². The zero-order chi connectivity index (χ0) is 15.3. The number of anilines is 2. The molecule has 0 aliphatic carbocycles. The molecule has 0 saturated carbocycles. The van der Waals surface area contributed by atoms with Crippen molar-refractivity contribution < 1.29 is 9.90 Å². The lowest BCUT2D eigenvalue weighted by Gasteiger charge is -2.24. The van der Waals surface area contributed by atoms with Gasteiger partial charge in [-0.2, -0.15) is 0 Å². The third-order valence-corrected chi connectivity index (χ3v) is 3.26. The van der Waals surface area contributed by atoms with Crippen molar-refractivity contribution in [1.29, 1.82) is 0 Å². The summed E-state index contributed by atoms with van der Waals surface area (Å²) >= 11 is 0. The number of hydrogen-bond acceptors (Lipinski definition) is 4. The second kappa shape index (κ2) is 6.61. The Bertz CT molecular complexity index is 470. The molecule has 0 unspecified atom stereocenters. The van der Waals surface area contributed by atoms with Gasteiger partial charge in [-0.3, -0.25) is 4.79 Å². The molecule has 0 atom stereocenters. The van der Waals surface area contributed by atoms with Crippen molar-refractivity contribution in [3.05, 3.63) is 23.8 Å². The molecule has 5 heteroatoms. The summed E-state index contributed by atoms with van der Waals surface area (Å²) in [5.74, 6) is -0.146. The summed E-state index contributed by atoms with van der Waals surface area (Å²) in [6, 6.07) is 5.30. The van der Waals surface area contributed by atoms with Crippen LogP contribution in [0.15, 0.2) is 18.2 Å². The number of nitrogen functional groups attached to an aromatic ring is 1. The molecule has 1 amide bonds. The normalized spacial score (nSPS) is 11.2. The first kappa shape index (κ1) is 16.3. The van der Waals surface area contributed by atoms with Gasteiger partial charge in [0.25, 0.3) is 5.91 Å². The molecular formula is C15H25N3O2. The SMILES string of the molecule is CN(C)c1ccc(N)cc1C(=O)NCC(C)(C)CCO. The number of aliphatic hydroxyl groups excluding tert-OH is 1. The molecule has 0 aliphatic heterocycles. The van der Waals surface area contributed by atoms with Crippen molar-refractivity contribution in [3.63, 3.8) is 0 Å². The number of carbonyl (C=O) groups is 1. The lowest BCUT2D eigenvalue weighted by molar-refractivity contribution is 0.0929. The fraction of sp³-hybridized carbons (Fsp3) is 0.533. The van der Waals surface area contributed by atoms with Crippen molar-refractivity contribution >= 4 is 17.3 Å². The zero-order valence-corrected chi connectivity index (χ0v) is 12.7. The molecule has 1 rings (SSSR count). The standard InChI is InChI=1S/C15H25N3O2/c1-15(2,7-8-19)10-17-14(20)12-9-11(16)5-6-13(12)18(3)4/h5-6,9,19H,7-8,10,16H2,1-4H3,(H,17,20). The van der Waals surface area contributed by atoms with Crippen LogP contribution in [0.25, 0.3) is 0 Å². The van der Waals surface area contributed by atoms with Gasteiger partial charge in [0.15, 0.2) is 0 Å². The Morgan fingerprint density at radius 2 is 2.05 bits per heavy atom. The number of rotatable bonds is 6. The topological polar surface area (TPSA) is 78.6 Å². The summed E-state index contributed by atoms with van der Waals surface area (Å²) in [6.45, 7) is 4.64. The molecule has 0 aliphatic rings. The number of benzene rings is 1. The van der Waals surface area contributed by atoms with E-state index in [1.165, 1.54) is 0 Å². The van der Waals surface area contributed by atoms with E-state index in [0.717, 1.165) is 5.69 Å². The fourth-order valence-corrected chi connectivity index (χ4v) is 1.93. The van der Waals surface area contributed by atoms with E-state index in [1.807, 2.05) is 38.9 Å². The minimum absolute atomic E-state index is 0.115. The molecule has 0 fully saturated rings. The summed E-state index contributed by atoms with van der Waals surface area (Å²) < 4.78 is 0. The van der Waals surface area contributed by atoms with Crippen LogP contribution in [0.3, 0.4) is 0 Å². The van der Waals surface area contributed by atoms with Gasteiger partial charge in [-0.05, 0) is 30.0 Å². The fourth-order valence-electron chi connectivity index (χ4n) is 1.93. The van der Waals surface area contributed by atoms with E-state index in [4.69, 9.17) is 10.8 Å². The average molecular weight is 279 g/mol. The third kappa shape index (κ3) is 4.42. The molecule has 5 nitrogen and oxygen atoms in total. The summed E-state index contributed by atoms with van der Waals surface area (Å²) in [6.07, 6.45) is 0.644. The molecule has 0 bridgehead atoms. The maximum atomic E-state index is 12.3. The second-order valence-electron chi connectivity index (χ2n) is 5.99. The van der Waals surface area contributed by atoms with E-state index < -0.39 is 0 Å². The number of aliphatic hydroxyl groups is 1. The Kier molecular flexibility index (Phi) is 5.39. The Labute approximate surface area is 120 Å². The first-order chi connectivity index (χ1) is 9.26. The highest BCUT2D eigenvalue weighted by Gasteiger charge is 2.20. The molecule has 0 radical (unpaired) electrons. The highest BCUT2D eigenvalue weighted by Crippen LogP contribution is 2.22. The first-order valence-corrected chi connectivity index (χ1v) is 6.73. The van der Waals surface area contributed by atoms with Gasteiger partial charge in [0.2, 0.25) is 0 Å². The molecule has 0 saturated heterocycles. The van der Waals surface area contributed by atoms with Crippen molar-refractivity contribution in [1.82, 2.24) is 5.32 Å². The summed E-state index contributed by atoms with van der Waals surface area (Å²) in [4.78, 5) is 14.2. The van der Waals surface area contributed by atoms with Crippen LogP contribution in [-0.4, -0.2) is 38.3 Å². The monoisotopic (exact) mass is 279 g/mol. The van der Waals surface area contributed by atoms with Crippen LogP contribution in [0.1, 0.15) is 30.6 Å². The van der Waals surface area contributed by atoms with Crippen molar-refractivity contribution in [3.8, 4) is 0 Å². The van der Waals surface area contributed by atoms with Crippen molar-refractivity contribution in [2.24, 2.45) is 5.41 Å². The maximum Gasteiger partial charge on any atom is 0.253 e. The zero-order valence-electron chi connectivity index (χ0n) is 12.7. The minimum Gasteiger partial charge on any atom is -0.399 e. The van der Waals surface area contributed by atoms with Gasteiger partial charge in [0.05, 0.1) is 5.56 Å². The molecule has 1 aromatic rings. The van der Waals surface area contributed by atoms with Crippen LogP contribution in [-0.2, 0) is 0 Å². The Hall–Kier alpha value is -1.75. The smallest absolute Gasteiger partial charge is 0.253 e. The Morgan fingerprint density at radius 3 is 2.60 bits per heavy atom. The molecule has 4 N–H and O–H groups in total. The highest BCUT2D eigenvalue weighted by molar-refractivity contribution is 6.00. The van der Waals surface area contributed by atoms with Gasteiger partial charge < -0.3 is 21.1 Å². The number of hydrogen-bond donors (Lipinski definition) is 3. The van der Waals surface area contributed by atoms with Crippen LogP contribution < -0.4 is 16.0 Å². The molecule has 112 valence electrons. The third-order valence-electron chi connectivity index (χ3n) is 3.26. The van der Waals surface area contributed by atoms with Crippen LogP contribution in [0, 0.1) is 5.41 Å². The first-order valence-electron chi connectivity index (χ1n) is 6.73. The van der Waals surface area contributed by atoms with E-state index in [-0.39, 0.29) is 17.9 Å². The number of nitrogens with zero attached hydrogens (tertiary/aromatic N) is 1. The average Bonchev–Trinajstić information content (AvgIpc) is 2.35. The van der Waals surface area contributed by atoms with Gasteiger partial charge in [0.1, 0.15) is 0 Å². The second-order valence-corrected chi connectivity index (χ2v) is 5.99. The van der Waals surface area contributed by atoms with Gasteiger partial charge >= 0.3 is 0 Å². The molecule has 0 aromatic heterocycles. The summed E-state index contributed by atoms with van der Waals surface area (Å²) in [7, 11) is 3.77. The van der Waals surface area contributed by atoms with E-state index in [1.54, 1.807) is 12.1 Å². The quantitative estimate of drug-likeness (QED) is 0.689. The summed E-state index contributed by atoms with van der Waals surface area (Å²) in [5, 5.41) is 11.9. The van der Waals surface area contributed by atoms with E-state index in [0.29, 0.717) is 24.2 Å². The van der Waals surface area contributed by atoms with E-state index >= 15 is 0 Å². The lowest BCUT2D eigenvalue weighted by Crippen LogP contribution is -2.35. The summed E-state index contributed by atoms with van der Waals surface area (Å²) in [5.41, 5.74) is 7.59. The van der Waals surface area contributed by atoms with Crippen molar-refractivity contribution in [2.75, 3.05) is 37.9 Å². The molecule has 1 aromatic carbocycles. The minimum atomic E-state index is -0.146. The number of carbonyl (C=O) groups excluding carboxylic acids is 1.